The third-order valence-corrected chi connectivity index (χ3v) is 7.03. The lowest BCUT2D eigenvalue weighted by Crippen LogP contribution is -2.42. The van der Waals surface area contributed by atoms with E-state index in [0.717, 1.165) is 16.9 Å². The van der Waals surface area contributed by atoms with Crippen LogP contribution in [0.2, 0.25) is 5.02 Å². The van der Waals surface area contributed by atoms with Crippen LogP contribution in [0.15, 0.2) is 47.3 Å². The molecule has 1 aliphatic heterocycles. The van der Waals surface area contributed by atoms with Crippen LogP contribution in [0.1, 0.15) is 11.1 Å². The molecule has 0 spiro atoms. The molecule has 1 fully saturated rings. The smallest absolute Gasteiger partial charge is 0.273 e. The fourth-order valence-electron chi connectivity index (χ4n) is 3.70. The number of amides is 1. The number of morpholine rings is 1. The molecule has 0 bridgehead atoms. The summed E-state index contributed by atoms with van der Waals surface area (Å²) in [5.41, 5.74) is 1.53. The van der Waals surface area contributed by atoms with Crippen molar-refractivity contribution in [2.75, 3.05) is 33.4 Å². The SMILES string of the molecule is COc1cccc(/C=c2\s/c(=C(/C#N)C(=O)N3CCOCC3)n(-c3cccc(Cl)c3C)c2=O)c1. The van der Waals surface area contributed by atoms with Gasteiger partial charge in [-0.3, -0.25) is 14.2 Å². The molecule has 1 aromatic heterocycles. The van der Waals surface area contributed by atoms with E-state index in [2.05, 4.69) is 6.07 Å². The fourth-order valence-corrected chi connectivity index (χ4v) is 4.96. The molecular formula is C25H22ClN3O4S. The summed E-state index contributed by atoms with van der Waals surface area (Å²) >= 11 is 7.44. The van der Waals surface area contributed by atoms with E-state index in [1.807, 2.05) is 24.3 Å². The van der Waals surface area contributed by atoms with Crippen LogP contribution in [0, 0.1) is 18.3 Å². The molecule has 0 radical (unpaired) electrons. The second-order valence-corrected chi connectivity index (χ2v) is 9.05. The molecule has 1 saturated heterocycles. The van der Waals surface area contributed by atoms with Crippen molar-refractivity contribution in [3.05, 3.63) is 78.2 Å². The van der Waals surface area contributed by atoms with Crippen molar-refractivity contribution in [3.8, 4) is 17.5 Å². The lowest BCUT2D eigenvalue weighted by Gasteiger charge is -2.26. The number of nitriles is 1. The maximum atomic E-state index is 13.6. The number of carbonyl (C=O) groups excluding carboxylic acids is 1. The van der Waals surface area contributed by atoms with E-state index in [4.69, 9.17) is 21.1 Å². The second-order valence-electron chi connectivity index (χ2n) is 7.61. The minimum Gasteiger partial charge on any atom is -0.497 e. The van der Waals surface area contributed by atoms with Gasteiger partial charge >= 0.3 is 0 Å². The molecule has 2 aromatic carbocycles. The van der Waals surface area contributed by atoms with E-state index < -0.39 is 5.91 Å². The number of thiazole rings is 1. The topological polar surface area (TPSA) is 84.6 Å². The first-order valence-electron chi connectivity index (χ1n) is 10.6. The van der Waals surface area contributed by atoms with Crippen LogP contribution in [0.5, 0.6) is 5.75 Å². The number of carbonyl (C=O) groups is 1. The molecule has 1 aliphatic rings. The van der Waals surface area contributed by atoms with Crippen molar-refractivity contribution in [3.63, 3.8) is 0 Å². The standard InChI is InChI=1S/C25H22ClN3O4S/c1-16-20(26)7-4-8-21(16)29-24(31)22(14-17-5-3-6-18(13-17)32-2)34-25(29)19(15-27)23(30)28-9-11-33-12-10-28/h3-8,13-14H,9-12H2,1-2H3/b22-14-,25-19-. The first kappa shape index (κ1) is 23.8. The third kappa shape index (κ3) is 4.64. The van der Waals surface area contributed by atoms with Crippen molar-refractivity contribution in [1.29, 1.82) is 5.26 Å². The molecule has 0 saturated carbocycles. The minimum absolute atomic E-state index is 0.0892. The van der Waals surface area contributed by atoms with Gasteiger partial charge in [0.1, 0.15) is 16.5 Å². The summed E-state index contributed by atoms with van der Waals surface area (Å²) in [6, 6.07) is 14.6. The normalized spacial score (nSPS) is 15.1. The molecule has 9 heteroatoms. The molecule has 0 unspecified atom stereocenters. The van der Waals surface area contributed by atoms with Gasteiger partial charge in [0.15, 0.2) is 5.57 Å². The van der Waals surface area contributed by atoms with Gasteiger partial charge in [-0.25, -0.2) is 0 Å². The number of rotatable bonds is 4. The van der Waals surface area contributed by atoms with E-state index in [1.165, 1.54) is 4.57 Å². The van der Waals surface area contributed by atoms with Gasteiger partial charge in [-0.15, -0.1) is 11.3 Å². The van der Waals surface area contributed by atoms with Gasteiger partial charge in [-0.05, 0) is 48.4 Å². The Hall–Kier alpha value is -3.38. The maximum Gasteiger partial charge on any atom is 0.273 e. The maximum absolute atomic E-state index is 13.6. The summed E-state index contributed by atoms with van der Waals surface area (Å²) in [4.78, 5) is 28.5. The zero-order valence-electron chi connectivity index (χ0n) is 18.7. The summed E-state index contributed by atoms with van der Waals surface area (Å²) in [7, 11) is 1.57. The van der Waals surface area contributed by atoms with E-state index in [-0.39, 0.29) is 15.8 Å². The Morgan fingerprint density at radius 1 is 1.24 bits per heavy atom. The quantitative estimate of drug-likeness (QED) is 0.554. The van der Waals surface area contributed by atoms with Crippen molar-refractivity contribution in [1.82, 2.24) is 9.47 Å². The molecule has 34 heavy (non-hydrogen) atoms. The molecule has 3 aromatic rings. The Bertz CT molecular complexity index is 1460. The van der Waals surface area contributed by atoms with Crippen molar-refractivity contribution in [2.24, 2.45) is 0 Å². The average Bonchev–Trinajstić information content (AvgIpc) is 3.17. The molecule has 2 heterocycles. The molecule has 7 nitrogen and oxygen atoms in total. The molecular weight excluding hydrogens is 474 g/mol. The lowest BCUT2D eigenvalue weighted by atomic mass is 10.2. The van der Waals surface area contributed by atoms with Gasteiger partial charge in [0.25, 0.3) is 11.5 Å². The summed E-state index contributed by atoms with van der Waals surface area (Å²) in [5, 5.41) is 10.5. The Balaban J connectivity index is 2.03. The summed E-state index contributed by atoms with van der Waals surface area (Å²) in [6.07, 6.45) is 1.73. The Morgan fingerprint density at radius 3 is 2.68 bits per heavy atom. The number of benzene rings is 2. The average molecular weight is 496 g/mol. The predicted octanol–water partition coefficient (Wildman–Crippen LogP) is 2.23. The Labute approximate surface area is 205 Å². The van der Waals surface area contributed by atoms with Crippen LogP contribution < -0.4 is 19.5 Å². The van der Waals surface area contributed by atoms with Crippen LogP contribution in [-0.2, 0) is 9.53 Å². The number of aromatic nitrogens is 1. The highest BCUT2D eigenvalue weighted by atomic mass is 35.5. The van der Waals surface area contributed by atoms with Gasteiger partial charge in [0, 0.05) is 18.1 Å². The van der Waals surface area contributed by atoms with Gasteiger partial charge in [-0.2, -0.15) is 5.26 Å². The van der Waals surface area contributed by atoms with Gasteiger partial charge in [0.05, 0.1) is 30.5 Å². The molecule has 4 rings (SSSR count). The molecule has 0 atom stereocenters. The van der Waals surface area contributed by atoms with E-state index in [9.17, 15) is 14.9 Å². The molecule has 0 N–H and O–H groups in total. The number of nitrogens with zero attached hydrogens (tertiary/aromatic N) is 3. The summed E-state index contributed by atoms with van der Waals surface area (Å²) < 4.78 is 12.7. The molecule has 1 amide bonds. The fraction of sp³-hybridized carbons (Fsp3) is 0.240. The molecule has 0 aliphatic carbocycles. The number of hydrogen-bond acceptors (Lipinski definition) is 6. The first-order chi connectivity index (χ1) is 16.4. The lowest BCUT2D eigenvalue weighted by molar-refractivity contribution is -0.128. The number of hydrogen-bond donors (Lipinski definition) is 0. The van der Waals surface area contributed by atoms with Gasteiger partial charge in [0.2, 0.25) is 0 Å². The highest BCUT2D eigenvalue weighted by Gasteiger charge is 2.24. The molecule has 174 valence electrons. The third-order valence-electron chi connectivity index (χ3n) is 5.53. The van der Waals surface area contributed by atoms with Crippen LogP contribution in [-0.4, -0.2) is 48.8 Å². The number of methoxy groups -OCH3 is 1. The highest BCUT2D eigenvalue weighted by Crippen LogP contribution is 2.21. The van der Waals surface area contributed by atoms with Crippen molar-refractivity contribution in [2.45, 2.75) is 6.92 Å². The van der Waals surface area contributed by atoms with Gasteiger partial charge < -0.3 is 14.4 Å². The van der Waals surface area contributed by atoms with Crippen LogP contribution >= 0.6 is 22.9 Å². The Kier molecular flexibility index (Phi) is 7.17. The zero-order valence-corrected chi connectivity index (χ0v) is 20.3. The minimum atomic E-state index is -0.423. The zero-order chi connectivity index (χ0) is 24.2. The monoisotopic (exact) mass is 495 g/mol. The van der Waals surface area contributed by atoms with Crippen molar-refractivity contribution < 1.29 is 14.3 Å². The van der Waals surface area contributed by atoms with Crippen LogP contribution in [0.4, 0.5) is 0 Å². The second kappa shape index (κ2) is 10.3. The highest BCUT2D eigenvalue weighted by molar-refractivity contribution is 7.07. The first-order valence-corrected chi connectivity index (χ1v) is 11.8. The van der Waals surface area contributed by atoms with E-state index in [1.54, 1.807) is 43.2 Å². The van der Waals surface area contributed by atoms with E-state index >= 15 is 0 Å². The summed E-state index contributed by atoms with van der Waals surface area (Å²) in [5.74, 6) is 0.233. The van der Waals surface area contributed by atoms with E-state index in [0.29, 0.717) is 52.9 Å². The van der Waals surface area contributed by atoms with Crippen molar-refractivity contribution >= 4 is 40.5 Å². The van der Waals surface area contributed by atoms with Crippen LogP contribution in [0.25, 0.3) is 17.3 Å². The number of halogens is 1. The predicted molar refractivity (Wildman–Crippen MR) is 132 cm³/mol. The van der Waals surface area contributed by atoms with Crippen LogP contribution in [0.3, 0.4) is 0 Å². The summed E-state index contributed by atoms with van der Waals surface area (Å²) in [6.45, 7) is 3.39. The Morgan fingerprint density at radius 2 is 1.97 bits per heavy atom. The van der Waals surface area contributed by atoms with Gasteiger partial charge in [-0.1, -0.05) is 29.8 Å². The largest absolute Gasteiger partial charge is 0.497 e. The number of ether oxygens (including phenoxy) is 2.